The first kappa shape index (κ1) is 10.3. The minimum atomic E-state index is 0.556. The maximum Gasteiger partial charge on any atom is 0.00678 e. The second kappa shape index (κ2) is 4.27. The summed E-state index contributed by atoms with van der Waals surface area (Å²) in [5.74, 6) is 2.17. The predicted molar refractivity (Wildman–Crippen MR) is 51.6 cm³/mol. The van der Waals surface area contributed by atoms with E-state index in [2.05, 4.69) is 47.2 Å². The molecule has 0 nitrogen and oxygen atoms in total. The van der Waals surface area contributed by atoms with Gasteiger partial charge in [-0.25, -0.2) is 0 Å². The third kappa shape index (κ3) is 2.96. The van der Waals surface area contributed by atoms with Gasteiger partial charge in [0.2, 0.25) is 0 Å². The molecule has 0 aromatic rings. The molecule has 2 atom stereocenters. The molecule has 62 valence electrons. The van der Waals surface area contributed by atoms with Crippen molar-refractivity contribution in [2.45, 2.75) is 39.9 Å². The van der Waals surface area contributed by atoms with Crippen LogP contribution in [0.15, 0.2) is 0 Å². The molecule has 0 spiro atoms. The van der Waals surface area contributed by atoms with Crippen LogP contribution in [0.5, 0.6) is 0 Å². The monoisotopic (exact) mass is 160 g/mol. The molecule has 0 saturated heterocycles. The lowest BCUT2D eigenvalue weighted by Gasteiger charge is -2.25. The van der Waals surface area contributed by atoms with Crippen LogP contribution in [0.1, 0.15) is 34.6 Å². The lowest BCUT2D eigenvalue weighted by Crippen LogP contribution is -2.22. The molecule has 1 heteroatoms. The fourth-order valence-electron chi connectivity index (χ4n) is 1.00. The highest BCUT2D eigenvalue weighted by atomic mass is 32.1. The molecule has 0 amide bonds. The fraction of sp³-hybridized carbons (Fsp3) is 1.00. The van der Waals surface area contributed by atoms with E-state index in [4.69, 9.17) is 0 Å². The van der Waals surface area contributed by atoms with Crippen LogP contribution in [0.3, 0.4) is 0 Å². The summed E-state index contributed by atoms with van der Waals surface area (Å²) < 4.78 is 0. The van der Waals surface area contributed by atoms with Crippen molar-refractivity contribution in [3.05, 3.63) is 0 Å². The highest BCUT2D eigenvalue weighted by Crippen LogP contribution is 2.24. The number of hydrogen-bond acceptors (Lipinski definition) is 1. The Morgan fingerprint density at radius 1 is 0.800 bits per heavy atom. The lowest BCUT2D eigenvalue weighted by molar-refractivity contribution is 0.359. The van der Waals surface area contributed by atoms with E-state index < -0.39 is 0 Å². The van der Waals surface area contributed by atoms with Gasteiger partial charge in [-0.3, -0.25) is 0 Å². The zero-order chi connectivity index (χ0) is 8.31. The molecule has 10 heavy (non-hydrogen) atoms. The summed E-state index contributed by atoms with van der Waals surface area (Å²) in [6, 6.07) is 0. The summed E-state index contributed by atoms with van der Waals surface area (Å²) in [7, 11) is 0. The van der Waals surface area contributed by atoms with Gasteiger partial charge in [0.05, 0.1) is 0 Å². The third-order valence-corrected chi connectivity index (χ3v) is 3.34. The van der Waals surface area contributed by atoms with E-state index >= 15 is 0 Å². The zero-order valence-corrected chi connectivity index (χ0v) is 8.65. The van der Waals surface area contributed by atoms with Gasteiger partial charge in [0.15, 0.2) is 0 Å². The topological polar surface area (TPSA) is 0 Å². The molecular weight excluding hydrogens is 140 g/mol. The first-order chi connectivity index (χ1) is 4.46. The Bertz CT molecular complexity index is 74.7. The van der Waals surface area contributed by atoms with Crippen molar-refractivity contribution >= 4 is 12.6 Å². The summed E-state index contributed by atoms with van der Waals surface area (Å²) in [6.45, 7) is 11.3. The van der Waals surface area contributed by atoms with Gasteiger partial charge in [-0.05, 0) is 17.8 Å². The summed E-state index contributed by atoms with van der Waals surface area (Å²) >= 11 is 4.56. The quantitative estimate of drug-likeness (QED) is 0.602. The molecule has 0 saturated carbocycles. The van der Waals surface area contributed by atoms with E-state index in [0.29, 0.717) is 11.2 Å². The van der Waals surface area contributed by atoms with Crippen LogP contribution in [-0.2, 0) is 0 Å². The third-order valence-electron chi connectivity index (χ3n) is 2.27. The maximum absolute atomic E-state index is 4.56. The molecular formula is C9H20S. The maximum atomic E-state index is 4.56. The largest absolute Gasteiger partial charge is 0.175 e. The SMILES string of the molecule is CC(C)C(C)C(S)C(C)C. The average molecular weight is 160 g/mol. The Hall–Kier alpha value is 0.350. The van der Waals surface area contributed by atoms with Crippen LogP contribution in [0.4, 0.5) is 0 Å². The van der Waals surface area contributed by atoms with Crippen LogP contribution in [0, 0.1) is 17.8 Å². The van der Waals surface area contributed by atoms with Crippen molar-refractivity contribution in [3.8, 4) is 0 Å². The number of hydrogen-bond donors (Lipinski definition) is 1. The normalized spacial score (nSPS) is 18.0. The van der Waals surface area contributed by atoms with Gasteiger partial charge in [0.1, 0.15) is 0 Å². The van der Waals surface area contributed by atoms with Crippen LogP contribution in [-0.4, -0.2) is 5.25 Å². The molecule has 0 bridgehead atoms. The second-order valence-electron chi connectivity index (χ2n) is 3.84. The molecule has 2 unspecified atom stereocenters. The highest BCUT2D eigenvalue weighted by Gasteiger charge is 2.18. The van der Waals surface area contributed by atoms with Crippen molar-refractivity contribution in [2.75, 3.05) is 0 Å². The fourth-order valence-corrected chi connectivity index (χ4v) is 1.35. The molecule has 0 radical (unpaired) electrons. The molecule has 0 aromatic carbocycles. The Kier molecular flexibility index (Phi) is 4.42. The first-order valence-electron chi connectivity index (χ1n) is 4.14. The molecule has 0 aromatic heterocycles. The average Bonchev–Trinajstić information content (AvgIpc) is 1.84. The highest BCUT2D eigenvalue weighted by molar-refractivity contribution is 7.81. The molecule has 0 heterocycles. The minimum Gasteiger partial charge on any atom is -0.175 e. The summed E-state index contributed by atoms with van der Waals surface area (Å²) in [6.07, 6.45) is 0. The number of thiol groups is 1. The summed E-state index contributed by atoms with van der Waals surface area (Å²) in [5, 5.41) is 0.556. The molecule has 0 aliphatic carbocycles. The summed E-state index contributed by atoms with van der Waals surface area (Å²) in [5.41, 5.74) is 0. The number of rotatable bonds is 3. The Morgan fingerprint density at radius 3 is 1.30 bits per heavy atom. The van der Waals surface area contributed by atoms with Gasteiger partial charge < -0.3 is 0 Å². The standard InChI is InChI=1S/C9H20S/c1-6(2)8(5)9(10)7(3)4/h6-10H,1-5H3. The van der Waals surface area contributed by atoms with E-state index in [1.807, 2.05) is 0 Å². The van der Waals surface area contributed by atoms with Crippen molar-refractivity contribution in [1.29, 1.82) is 0 Å². The van der Waals surface area contributed by atoms with Gasteiger partial charge >= 0.3 is 0 Å². The van der Waals surface area contributed by atoms with Crippen molar-refractivity contribution < 1.29 is 0 Å². The molecule has 0 fully saturated rings. The van der Waals surface area contributed by atoms with Crippen LogP contribution >= 0.6 is 12.6 Å². The lowest BCUT2D eigenvalue weighted by atomic mass is 9.89. The van der Waals surface area contributed by atoms with E-state index in [9.17, 15) is 0 Å². The molecule has 0 aliphatic rings. The molecule has 0 N–H and O–H groups in total. The summed E-state index contributed by atoms with van der Waals surface area (Å²) in [4.78, 5) is 0. The minimum absolute atomic E-state index is 0.556. The Labute approximate surface area is 70.8 Å². The van der Waals surface area contributed by atoms with E-state index in [-0.39, 0.29) is 0 Å². The van der Waals surface area contributed by atoms with Gasteiger partial charge in [0, 0.05) is 5.25 Å². The molecule has 0 rings (SSSR count). The van der Waals surface area contributed by atoms with Gasteiger partial charge in [-0.2, -0.15) is 12.6 Å². The van der Waals surface area contributed by atoms with E-state index in [1.54, 1.807) is 0 Å². The predicted octanol–water partition coefficient (Wildman–Crippen LogP) is 3.23. The van der Waals surface area contributed by atoms with Crippen LogP contribution in [0.2, 0.25) is 0 Å². The Balaban J connectivity index is 3.81. The van der Waals surface area contributed by atoms with Crippen molar-refractivity contribution in [3.63, 3.8) is 0 Å². The van der Waals surface area contributed by atoms with Gasteiger partial charge in [0.25, 0.3) is 0 Å². The smallest absolute Gasteiger partial charge is 0.00678 e. The van der Waals surface area contributed by atoms with Crippen molar-refractivity contribution in [2.24, 2.45) is 17.8 Å². The Morgan fingerprint density at radius 2 is 1.20 bits per heavy atom. The van der Waals surface area contributed by atoms with Crippen molar-refractivity contribution in [1.82, 2.24) is 0 Å². The van der Waals surface area contributed by atoms with Gasteiger partial charge in [-0.15, -0.1) is 0 Å². The zero-order valence-electron chi connectivity index (χ0n) is 7.76. The molecule has 0 aliphatic heterocycles. The van der Waals surface area contributed by atoms with E-state index in [1.165, 1.54) is 0 Å². The van der Waals surface area contributed by atoms with Crippen LogP contribution in [0.25, 0.3) is 0 Å². The first-order valence-corrected chi connectivity index (χ1v) is 4.66. The van der Waals surface area contributed by atoms with Gasteiger partial charge in [-0.1, -0.05) is 34.6 Å². The second-order valence-corrected chi connectivity index (χ2v) is 4.43. The van der Waals surface area contributed by atoms with E-state index in [0.717, 1.165) is 11.8 Å². The van der Waals surface area contributed by atoms with Crippen LogP contribution < -0.4 is 0 Å².